The van der Waals surface area contributed by atoms with E-state index in [9.17, 15) is 24.1 Å². The maximum atomic E-state index is 13.2. The predicted molar refractivity (Wildman–Crippen MR) is 120 cm³/mol. The molecule has 0 saturated heterocycles. The number of carbonyl (C=O) groups is 2. The fraction of sp³-hybridized carbons (Fsp3) is 0.136. The third-order valence-electron chi connectivity index (χ3n) is 4.75. The Balaban J connectivity index is 1.44. The third kappa shape index (κ3) is 4.88. The van der Waals surface area contributed by atoms with Crippen LogP contribution in [0.2, 0.25) is 0 Å². The molecule has 11 heteroatoms. The Labute approximate surface area is 190 Å². The number of ether oxygens (including phenoxy) is 1. The zero-order valence-electron chi connectivity index (χ0n) is 17.3. The van der Waals surface area contributed by atoms with Crippen molar-refractivity contribution in [3.63, 3.8) is 0 Å². The van der Waals surface area contributed by atoms with E-state index in [0.29, 0.717) is 17.5 Å². The SMILES string of the molecule is Cc1nn(Cc2ccccc2)c2sc(C(=O)OCC(=O)Nc3ccc(F)cc3[N+](=O)[O-])cc12. The van der Waals surface area contributed by atoms with Crippen LogP contribution in [0, 0.1) is 22.9 Å². The highest BCUT2D eigenvalue weighted by Gasteiger charge is 2.20. The molecule has 0 fully saturated rings. The van der Waals surface area contributed by atoms with E-state index in [-0.39, 0.29) is 5.69 Å². The van der Waals surface area contributed by atoms with E-state index >= 15 is 0 Å². The first kappa shape index (κ1) is 22.1. The van der Waals surface area contributed by atoms with Gasteiger partial charge in [-0.3, -0.25) is 19.6 Å². The van der Waals surface area contributed by atoms with E-state index in [0.717, 1.165) is 33.6 Å². The monoisotopic (exact) mass is 468 g/mol. The number of hydrogen-bond donors (Lipinski definition) is 1. The van der Waals surface area contributed by atoms with E-state index in [2.05, 4.69) is 10.4 Å². The van der Waals surface area contributed by atoms with Gasteiger partial charge in [-0.1, -0.05) is 30.3 Å². The first-order valence-electron chi connectivity index (χ1n) is 9.73. The van der Waals surface area contributed by atoms with Gasteiger partial charge >= 0.3 is 5.97 Å². The van der Waals surface area contributed by atoms with Gasteiger partial charge in [0.2, 0.25) is 0 Å². The number of rotatable bonds is 7. The number of nitro groups is 1. The number of benzene rings is 2. The molecule has 2 aromatic heterocycles. The minimum absolute atomic E-state index is 0.194. The number of halogens is 1. The van der Waals surface area contributed by atoms with Gasteiger partial charge in [-0.15, -0.1) is 11.3 Å². The predicted octanol–water partition coefficient (Wildman–Crippen LogP) is 4.30. The number of esters is 1. The summed E-state index contributed by atoms with van der Waals surface area (Å²) in [5.74, 6) is -2.30. The van der Waals surface area contributed by atoms with Gasteiger partial charge in [-0.25, -0.2) is 9.18 Å². The van der Waals surface area contributed by atoms with Crippen LogP contribution in [0.3, 0.4) is 0 Å². The average Bonchev–Trinajstić information content (AvgIpc) is 3.35. The van der Waals surface area contributed by atoms with Gasteiger partial charge < -0.3 is 10.1 Å². The molecule has 0 unspecified atom stereocenters. The molecule has 9 nitrogen and oxygen atoms in total. The van der Waals surface area contributed by atoms with Crippen molar-refractivity contribution in [3.05, 3.63) is 86.7 Å². The molecule has 0 saturated carbocycles. The van der Waals surface area contributed by atoms with Gasteiger partial charge in [0.05, 0.1) is 23.2 Å². The fourth-order valence-corrected chi connectivity index (χ4v) is 4.28. The number of nitro benzene ring substituents is 1. The van der Waals surface area contributed by atoms with Crippen molar-refractivity contribution >= 4 is 44.8 Å². The first-order chi connectivity index (χ1) is 15.8. The zero-order valence-corrected chi connectivity index (χ0v) is 18.1. The standard InChI is InChI=1S/C22H17FN4O5S/c1-13-16-10-19(33-21(16)26(25-13)11-14-5-3-2-4-6-14)22(29)32-12-20(28)24-17-8-7-15(23)9-18(17)27(30)31/h2-10H,11-12H2,1H3,(H,24,28). The average molecular weight is 468 g/mol. The minimum atomic E-state index is -0.816. The lowest BCUT2D eigenvalue weighted by Crippen LogP contribution is -2.21. The normalized spacial score (nSPS) is 10.8. The van der Waals surface area contributed by atoms with Crippen molar-refractivity contribution in [1.29, 1.82) is 0 Å². The molecular formula is C22H17FN4O5S. The summed E-state index contributed by atoms with van der Waals surface area (Å²) in [7, 11) is 0. The summed E-state index contributed by atoms with van der Waals surface area (Å²) in [4.78, 5) is 35.9. The number of fused-ring (bicyclic) bond motifs is 1. The number of anilines is 1. The van der Waals surface area contributed by atoms with Gasteiger partial charge in [0.1, 0.15) is 21.2 Å². The Morgan fingerprint density at radius 3 is 2.70 bits per heavy atom. The molecule has 0 bridgehead atoms. The zero-order chi connectivity index (χ0) is 23.5. The second-order valence-electron chi connectivity index (χ2n) is 7.10. The number of carbonyl (C=O) groups excluding carboxylic acids is 2. The Morgan fingerprint density at radius 1 is 1.21 bits per heavy atom. The fourth-order valence-electron chi connectivity index (χ4n) is 3.23. The molecule has 0 atom stereocenters. The third-order valence-corrected chi connectivity index (χ3v) is 5.88. The smallest absolute Gasteiger partial charge is 0.348 e. The summed E-state index contributed by atoms with van der Waals surface area (Å²) >= 11 is 1.20. The topological polar surface area (TPSA) is 116 Å². The number of aromatic nitrogens is 2. The summed E-state index contributed by atoms with van der Waals surface area (Å²) < 4.78 is 20.1. The molecule has 0 aliphatic heterocycles. The lowest BCUT2D eigenvalue weighted by molar-refractivity contribution is -0.384. The number of hydrogen-bond acceptors (Lipinski definition) is 7. The van der Waals surface area contributed by atoms with Crippen LogP contribution in [-0.4, -0.2) is 33.2 Å². The molecule has 4 rings (SSSR count). The maximum Gasteiger partial charge on any atom is 0.348 e. The van der Waals surface area contributed by atoms with Crippen molar-refractivity contribution in [3.8, 4) is 0 Å². The molecule has 0 radical (unpaired) electrons. The molecule has 0 aliphatic rings. The summed E-state index contributed by atoms with van der Waals surface area (Å²) in [6.45, 7) is 1.73. The summed E-state index contributed by atoms with van der Waals surface area (Å²) in [6, 6.07) is 14.2. The Bertz CT molecular complexity index is 1370. The highest BCUT2D eigenvalue weighted by molar-refractivity contribution is 7.20. The van der Waals surface area contributed by atoms with Gasteiger partial charge in [-0.05, 0) is 30.7 Å². The van der Waals surface area contributed by atoms with E-state index in [4.69, 9.17) is 4.74 Å². The molecule has 168 valence electrons. The lowest BCUT2D eigenvalue weighted by Gasteiger charge is -2.06. The van der Waals surface area contributed by atoms with Crippen LogP contribution in [0.1, 0.15) is 20.9 Å². The second kappa shape index (κ2) is 9.17. The van der Waals surface area contributed by atoms with E-state index in [1.807, 2.05) is 41.9 Å². The molecule has 0 spiro atoms. The van der Waals surface area contributed by atoms with E-state index < -0.39 is 34.9 Å². The number of nitrogens with zero attached hydrogens (tertiary/aromatic N) is 3. The lowest BCUT2D eigenvalue weighted by atomic mass is 10.2. The van der Waals surface area contributed by atoms with Gasteiger partial charge in [0.15, 0.2) is 6.61 Å². The van der Waals surface area contributed by atoms with Crippen molar-refractivity contribution in [1.82, 2.24) is 9.78 Å². The highest BCUT2D eigenvalue weighted by atomic mass is 32.1. The van der Waals surface area contributed by atoms with Crippen LogP contribution in [-0.2, 0) is 16.1 Å². The van der Waals surface area contributed by atoms with Gasteiger partial charge in [-0.2, -0.15) is 5.10 Å². The molecule has 2 aromatic carbocycles. The summed E-state index contributed by atoms with van der Waals surface area (Å²) in [5, 5.41) is 18.6. The van der Waals surface area contributed by atoms with Crippen LogP contribution in [0.25, 0.3) is 10.2 Å². The Morgan fingerprint density at radius 2 is 1.97 bits per heavy atom. The molecular weight excluding hydrogens is 451 g/mol. The van der Waals surface area contributed by atoms with E-state index in [1.54, 1.807) is 6.07 Å². The quantitative estimate of drug-likeness (QED) is 0.246. The number of amides is 1. The summed E-state index contributed by atoms with van der Waals surface area (Å²) in [6.07, 6.45) is 0. The Hall–Kier alpha value is -4.12. The van der Waals surface area contributed by atoms with E-state index in [1.165, 1.54) is 11.3 Å². The number of aryl methyl sites for hydroxylation is 1. The van der Waals surface area contributed by atoms with Crippen LogP contribution in [0.5, 0.6) is 0 Å². The van der Waals surface area contributed by atoms with Crippen molar-refractivity contribution in [2.45, 2.75) is 13.5 Å². The number of thiophene rings is 1. The van der Waals surface area contributed by atoms with Crippen LogP contribution < -0.4 is 5.32 Å². The van der Waals surface area contributed by atoms with Crippen LogP contribution >= 0.6 is 11.3 Å². The molecule has 2 heterocycles. The first-order valence-corrected chi connectivity index (χ1v) is 10.6. The van der Waals surface area contributed by atoms with Gasteiger partial charge in [0, 0.05) is 5.39 Å². The van der Waals surface area contributed by atoms with Crippen LogP contribution in [0.15, 0.2) is 54.6 Å². The molecule has 1 amide bonds. The molecule has 4 aromatic rings. The molecule has 0 aliphatic carbocycles. The second-order valence-corrected chi connectivity index (χ2v) is 8.13. The van der Waals surface area contributed by atoms with Crippen molar-refractivity contribution < 1.29 is 23.6 Å². The summed E-state index contributed by atoms with van der Waals surface area (Å²) in [5.41, 5.74) is 1.03. The molecule has 1 N–H and O–H groups in total. The van der Waals surface area contributed by atoms with Crippen molar-refractivity contribution in [2.75, 3.05) is 11.9 Å². The highest BCUT2D eigenvalue weighted by Crippen LogP contribution is 2.29. The van der Waals surface area contributed by atoms with Gasteiger partial charge in [0.25, 0.3) is 11.6 Å². The number of nitrogens with one attached hydrogen (secondary N) is 1. The van der Waals surface area contributed by atoms with Crippen molar-refractivity contribution in [2.24, 2.45) is 0 Å². The maximum absolute atomic E-state index is 13.2. The minimum Gasteiger partial charge on any atom is -0.451 e. The largest absolute Gasteiger partial charge is 0.451 e. The van der Waals surface area contributed by atoms with Crippen LogP contribution in [0.4, 0.5) is 15.8 Å². The molecule has 33 heavy (non-hydrogen) atoms. The Kier molecular flexibility index (Phi) is 6.13.